The Hall–Kier alpha value is -3.01. The Bertz CT molecular complexity index is 832. The molecule has 98 valence electrons. The Morgan fingerprint density at radius 2 is 2.10 bits per heavy atom. The zero-order valence-corrected chi connectivity index (χ0v) is 10.3. The summed E-state index contributed by atoms with van der Waals surface area (Å²) in [5.74, 6) is -0.150. The number of imidazole rings is 1. The van der Waals surface area contributed by atoms with E-state index in [0.29, 0.717) is 29.1 Å². The topological polar surface area (TPSA) is 93.4 Å². The van der Waals surface area contributed by atoms with E-state index in [1.807, 2.05) is 6.07 Å². The highest BCUT2D eigenvalue weighted by Gasteiger charge is 2.09. The third kappa shape index (κ3) is 2.03. The second kappa shape index (κ2) is 4.59. The van der Waals surface area contributed by atoms with Crippen molar-refractivity contribution in [2.45, 2.75) is 6.54 Å². The molecule has 0 spiro atoms. The van der Waals surface area contributed by atoms with Gasteiger partial charge < -0.3 is 10.3 Å². The minimum absolute atomic E-state index is 0.276. The molecule has 0 unspecified atom stereocenters. The summed E-state index contributed by atoms with van der Waals surface area (Å²) in [7, 11) is 0. The molecular weight excluding hydrogens is 259 g/mol. The molecule has 6 nitrogen and oxygen atoms in total. The van der Waals surface area contributed by atoms with Gasteiger partial charge in [0.05, 0.1) is 24.5 Å². The predicted molar refractivity (Wildman–Crippen MR) is 70.0 cm³/mol. The molecule has 0 bridgehead atoms. The molecule has 0 saturated carbocycles. The van der Waals surface area contributed by atoms with E-state index >= 15 is 0 Å². The lowest BCUT2D eigenvalue weighted by molar-refractivity contribution is 0.623. The molecule has 0 aliphatic carbocycles. The Labute approximate surface area is 113 Å². The predicted octanol–water partition coefficient (Wildman–Crippen LogP) is 1.47. The molecular formula is C13H9FN6. The summed E-state index contributed by atoms with van der Waals surface area (Å²) in [6.07, 6.45) is 2.91. The van der Waals surface area contributed by atoms with Gasteiger partial charge in [0.15, 0.2) is 11.5 Å². The van der Waals surface area contributed by atoms with Crippen LogP contribution in [0.25, 0.3) is 11.2 Å². The van der Waals surface area contributed by atoms with Crippen LogP contribution >= 0.6 is 0 Å². The SMILES string of the molecule is N#Cc1cc(F)cc(Cn2cnc3c(N)ncnc32)c1. The normalized spacial score (nSPS) is 10.6. The van der Waals surface area contributed by atoms with E-state index < -0.39 is 5.82 Å². The zero-order chi connectivity index (χ0) is 14.1. The number of nitrogens with zero attached hydrogens (tertiary/aromatic N) is 5. The van der Waals surface area contributed by atoms with Crippen molar-refractivity contribution < 1.29 is 4.39 Å². The first kappa shape index (κ1) is 12.0. The lowest BCUT2D eigenvalue weighted by atomic mass is 10.1. The van der Waals surface area contributed by atoms with Gasteiger partial charge in [0, 0.05) is 0 Å². The highest BCUT2D eigenvalue weighted by Crippen LogP contribution is 2.17. The smallest absolute Gasteiger partial charge is 0.165 e. The average Bonchev–Trinajstić information content (AvgIpc) is 2.83. The molecule has 1 aromatic carbocycles. The fraction of sp³-hybridized carbons (Fsp3) is 0.0769. The molecule has 0 saturated heterocycles. The first-order valence-corrected chi connectivity index (χ1v) is 5.78. The number of nitriles is 1. The van der Waals surface area contributed by atoms with Crippen molar-refractivity contribution in [3.8, 4) is 6.07 Å². The van der Waals surface area contributed by atoms with E-state index in [2.05, 4.69) is 15.0 Å². The van der Waals surface area contributed by atoms with E-state index in [9.17, 15) is 4.39 Å². The van der Waals surface area contributed by atoms with Crippen LogP contribution in [0, 0.1) is 17.1 Å². The number of nitrogen functional groups attached to an aromatic ring is 1. The Kier molecular flexibility index (Phi) is 2.76. The molecule has 20 heavy (non-hydrogen) atoms. The number of benzene rings is 1. The van der Waals surface area contributed by atoms with Crippen LogP contribution in [0.4, 0.5) is 10.2 Å². The van der Waals surface area contributed by atoms with Gasteiger partial charge in [0.1, 0.15) is 17.7 Å². The number of fused-ring (bicyclic) bond motifs is 1. The van der Waals surface area contributed by atoms with Gasteiger partial charge in [-0.05, 0) is 23.8 Å². The first-order valence-electron chi connectivity index (χ1n) is 5.78. The lowest BCUT2D eigenvalue weighted by Crippen LogP contribution is -2.01. The van der Waals surface area contributed by atoms with Crippen molar-refractivity contribution in [3.63, 3.8) is 0 Å². The Morgan fingerprint density at radius 3 is 2.90 bits per heavy atom. The maximum absolute atomic E-state index is 13.4. The van der Waals surface area contributed by atoms with Gasteiger partial charge in [-0.15, -0.1) is 0 Å². The number of nitrogens with two attached hydrogens (primary N) is 1. The van der Waals surface area contributed by atoms with Gasteiger partial charge in [0.25, 0.3) is 0 Å². The highest BCUT2D eigenvalue weighted by atomic mass is 19.1. The molecule has 2 N–H and O–H groups in total. The first-order chi connectivity index (χ1) is 9.67. The number of hydrogen-bond acceptors (Lipinski definition) is 5. The van der Waals surface area contributed by atoms with Crippen molar-refractivity contribution >= 4 is 17.0 Å². The van der Waals surface area contributed by atoms with Crippen LogP contribution in [0.2, 0.25) is 0 Å². The monoisotopic (exact) mass is 268 g/mol. The fourth-order valence-corrected chi connectivity index (χ4v) is 2.02. The van der Waals surface area contributed by atoms with E-state index in [0.717, 1.165) is 0 Å². The third-order valence-electron chi connectivity index (χ3n) is 2.87. The van der Waals surface area contributed by atoms with Crippen LogP contribution in [-0.4, -0.2) is 19.5 Å². The van der Waals surface area contributed by atoms with Gasteiger partial charge in [-0.25, -0.2) is 19.3 Å². The Morgan fingerprint density at radius 1 is 1.25 bits per heavy atom. The Balaban J connectivity index is 2.04. The zero-order valence-electron chi connectivity index (χ0n) is 10.3. The van der Waals surface area contributed by atoms with E-state index in [4.69, 9.17) is 11.0 Å². The lowest BCUT2D eigenvalue weighted by Gasteiger charge is -2.05. The van der Waals surface area contributed by atoms with Crippen molar-refractivity contribution in [1.82, 2.24) is 19.5 Å². The molecule has 0 aliphatic heterocycles. The van der Waals surface area contributed by atoms with Crippen molar-refractivity contribution in [2.75, 3.05) is 5.73 Å². The molecule has 3 aromatic rings. The summed E-state index contributed by atoms with van der Waals surface area (Å²) in [4.78, 5) is 12.1. The summed E-state index contributed by atoms with van der Waals surface area (Å²) < 4.78 is 15.1. The molecule has 0 radical (unpaired) electrons. The fourth-order valence-electron chi connectivity index (χ4n) is 2.02. The standard InChI is InChI=1S/C13H9FN6/c14-10-2-8(4-15)1-9(3-10)5-20-7-19-11-12(16)17-6-18-13(11)20/h1-3,6-7H,5H2,(H2,16,17,18). The molecule has 3 rings (SSSR count). The molecule has 0 amide bonds. The van der Waals surface area contributed by atoms with Crippen molar-refractivity contribution in [1.29, 1.82) is 5.26 Å². The summed E-state index contributed by atoms with van der Waals surface area (Å²) >= 11 is 0. The van der Waals surface area contributed by atoms with Gasteiger partial charge in [-0.1, -0.05) is 0 Å². The molecule has 0 fully saturated rings. The minimum Gasteiger partial charge on any atom is -0.382 e. The van der Waals surface area contributed by atoms with E-state index in [1.165, 1.54) is 18.5 Å². The molecule has 2 aromatic heterocycles. The van der Waals surface area contributed by atoms with Crippen molar-refractivity contribution in [3.05, 3.63) is 47.8 Å². The maximum Gasteiger partial charge on any atom is 0.165 e. The van der Waals surface area contributed by atoms with Gasteiger partial charge in [-0.2, -0.15) is 5.26 Å². The van der Waals surface area contributed by atoms with Crippen LogP contribution in [0.1, 0.15) is 11.1 Å². The molecule has 0 aliphatic rings. The van der Waals surface area contributed by atoms with Crippen LogP contribution in [0.15, 0.2) is 30.9 Å². The molecule has 0 atom stereocenters. The molecule has 7 heteroatoms. The summed E-state index contributed by atoms with van der Waals surface area (Å²) in [6, 6.07) is 6.11. The van der Waals surface area contributed by atoms with E-state index in [-0.39, 0.29) is 5.56 Å². The number of aromatic nitrogens is 4. The second-order valence-electron chi connectivity index (χ2n) is 4.26. The average molecular weight is 268 g/mol. The third-order valence-corrected chi connectivity index (χ3v) is 2.87. The van der Waals surface area contributed by atoms with E-state index in [1.54, 1.807) is 17.0 Å². The summed E-state index contributed by atoms with van der Waals surface area (Å²) in [5, 5.41) is 8.85. The number of hydrogen-bond donors (Lipinski definition) is 1. The molecule has 2 heterocycles. The largest absolute Gasteiger partial charge is 0.382 e. The number of halogens is 1. The summed E-state index contributed by atoms with van der Waals surface area (Å²) in [6.45, 7) is 0.347. The van der Waals surface area contributed by atoms with Gasteiger partial charge in [0.2, 0.25) is 0 Å². The van der Waals surface area contributed by atoms with Crippen LogP contribution < -0.4 is 5.73 Å². The van der Waals surface area contributed by atoms with Gasteiger partial charge in [-0.3, -0.25) is 0 Å². The number of anilines is 1. The minimum atomic E-state index is -0.447. The number of rotatable bonds is 2. The highest BCUT2D eigenvalue weighted by molar-refractivity contribution is 5.81. The quantitative estimate of drug-likeness (QED) is 0.759. The van der Waals surface area contributed by atoms with Crippen LogP contribution in [-0.2, 0) is 6.54 Å². The summed E-state index contributed by atoms with van der Waals surface area (Å²) in [5.41, 5.74) is 7.70. The second-order valence-corrected chi connectivity index (χ2v) is 4.26. The van der Waals surface area contributed by atoms with Crippen LogP contribution in [0.5, 0.6) is 0 Å². The van der Waals surface area contributed by atoms with Gasteiger partial charge >= 0.3 is 0 Å². The maximum atomic E-state index is 13.4. The van der Waals surface area contributed by atoms with Crippen molar-refractivity contribution in [2.24, 2.45) is 0 Å². The van der Waals surface area contributed by atoms with Crippen LogP contribution in [0.3, 0.4) is 0 Å².